The lowest BCUT2D eigenvalue weighted by molar-refractivity contribution is -0.139. The summed E-state index contributed by atoms with van der Waals surface area (Å²) in [5.74, 6) is -0.608. The third-order valence-corrected chi connectivity index (χ3v) is 5.71. The SMILES string of the molecule is CCCCCN1C(=O)C(=O)/C(=C(\O)c2ccc3c(c2)OCO3)C1c1ccc(OC)c(O)c1. The van der Waals surface area contributed by atoms with E-state index >= 15 is 0 Å². The Morgan fingerprint density at radius 1 is 1.12 bits per heavy atom. The van der Waals surface area contributed by atoms with Crippen LogP contribution in [0, 0.1) is 0 Å². The number of nitrogens with zero attached hydrogens (tertiary/aromatic N) is 1. The fourth-order valence-corrected chi connectivity index (χ4v) is 4.07. The number of benzene rings is 2. The van der Waals surface area contributed by atoms with Gasteiger partial charge in [0.1, 0.15) is 5.76 Å². The lowest BCUT2D eigenvalue weighted by atomic mass is 9.94. The molecule has 0 saturated carbocycles. The number of aromatic hydroxyl groups is 1. The zero-order valence-electron chi connectivity index (χ0n) is 18.0. The number of Topliss-reactive ketones (excluding diaryl/α,β-unsaturated/α-hetero) is 1. The zero-order valence-corrected chi connectivity index (χ0v) is 18.0. The van der Waals surface area contributed by atoms with Crippen molar-refractivity contribution in [3.63, 3.8) is 0 Å². The number of carbonyl (C=O) groups excluding carboxylic acids is 2. The molecule has 8 nitrogen and oxygen atoms in total. The van der Waals surface area contributed by atoms with Crippen LogP contribution in [0.3, 0.4) is 0 Å². The fraction of sp³-hybridized carbons (Fsp3) is 0.333. The molecule has 2 heterocycles. The van der Waals surface area contributed by atoms with Gasteiger partial charge in [-0.3, -0.25) is 9.59 Å². The van der Waals surface area contributed by atoms with Gasteiger partial charge >= 0.3 is 0 Å². The number of carbonyl (C=O) groups is 2. The molecule has 0 radical (unpaired) electrons. The quantitative estimate of drug-likeness (QED) is 0.293. The van der Waals surface area contributed by atoms with Gasteiger partial charge in [-0.1, -0.05) is 25.8 Å². The standard InChI is InChI=1S/C24H25NO7/c1-3-4-5-10-25-21(14-6-8-17(30-2)16(26)11-14)20(23(28)24(25)29)22(27)15-7-9-18-19(12-15)32-13-31-18/h6-9,11-12,21,26-27H,3-5,10,13H2,1-2H3/b22-20-. The molecule has 1 atom stereocenters. The molecule has 2 aliphatic heterocycles. The molecular weight excluding hydrogens is 414 g/mol. The smallest absolute Gasteiger partial charge is 0.295 e. The molecule has 0 aromatic heterocycles. The van der Waals surface area contributed by atoms with Crippen molar-refractivity contribution >= 4 is 17.4 Å². The molecule has 8 heteroatoms. The van der Waals surface area contributed by atoms with Crippen molar-refractivity contribution in [1.82, 2.24) is 4.90 Å². The van der Waals surface area contributed by atoms with Crippen LogP contribution in [0.2, 0.25) is 0 Å². The highest BCUT2D eigenvalue weighted by atomic mass is 16.7. The minimum Gasteiger partial charge on any atom is -0.507 e. The van der Waals surface area contributed by atoms with Crippen LogP contribution in [0.1, 0.15) is 43.4 Å². The predicted molar refractivity (Wildman–Crippen MR) is 116 cm³/mol. The van der Waals surface area contributed by atoms with Crippen LogP contribution in [0.4, 0.5) is 0 Å². The summed E-state index contributed by atoms with van der Waals surface area (Å²) in [6, 6.07) is 8.68. The number of unbranched alkanes of at least 4 members (excludes halogenated alkanes) is 2. The summed E-state index contributed by atoms with van der Waals surface area (Å²) in [6.07, 6.45) is 2.56. The van der Waals surface area contributed by atoms with Crippen LogP contribution in [0.15, 0.2) is 42.0 Å². The van der Waals surface area contributed by atoms with Gasteiger partial charge in [0.25, 0.3) is 11.7 Å². The van der Waals surface area contributed by atoms with E-state index in [-0.39, 0.29) is 29.6 Å². The van der Waals surface area contributed by atoms with Crippen LogP contribution in [0.5, 0.6) is 23.0 Å². The molecule has 0 bridgehead atoms. The van der Waals surface area contributed by atoms with Gasteiger partial charge < -0.3 is 29.3 Å². The molecule has 2 aliphatic rings. The lowest BCUT2D eigenvalue weighted by Crippen LogP contribution is -2.30. The largest absolute Gasteiger partial charge is 0.507 e. The van der Waals surface area contributed by atoms with E-state index in [1.165, 1.54) is 18.1 Å². The van der Waals surface area contributed by atoms with Crippen molar-refractivity contribution in [2.24, 2.45) is 0 Å². The van der Waals surface area contributed by atoms with Crippen LogP contribution >= 0.6 is 0 Å². The third-order valence-electron chi connectivity index (χ3n) is 5.71. The molecule has 0 spiro atoms. The number of ether oxygens (including phenoxy) is 3. The molecular formula is C24H25NO7. The van der Waals surface area contributed by atoms with Crippen molar-refractivity contribution in [1.29, 1.82) is 0 Å². The maximum absolute atomic E-state index is 13.0. The number of aliphatic hydroxyl groups is 1. The lowest BCUT2D eigenvalue weighted by Gasteiger charge is -2.25. The van der Waals surface area contributed by atoms with E-state index in [2.05, 4.69) is 0 Å². The second-order valence-electron chi connectivity index (χ2n) is 7.70. The number of hydrogen-bond acceptors (Lipinski definition) is 7. The van der Waals surface area contributed by atoms with Crippen molar-refractivity contribution in [2.45, 2.75) is 32.2 Å². The average Bonchev–Trinajstić information content (AvgIpc) is 3.36. The topological polar surface area (TPSA) is 106 Å². The van der Waals surface area contributed by atoms with E-state index in [9.17, 15) is 19.8 Å². The molecule has 2 aromatic carbocycles. The van der Waals surface area contributed by atoms with E-state index in [0.717, 1.165) is 12.8 Å². The highest BCUT2D eigenvalue weighted by Gasteiger charge is 2.46. The maximum Gasteiger partial charge on any atom is 0.295 e. The van der Waals surface area contributed by atoms with Crippen molar-refractivity contribution in [3.8, 4) is 23.0 Å². The number of fused-ring (bicyclic) bond motifs is 1. The Morgan fingerprint density at radius 3 is 2.62 bits per heavy atom. The predicted octanol–water partition coefficient (Wildman–Crippen LogP) is 3.74. The van der Waals surface area contributed by atoms with Gasteiger partial charge in [0, 0.05) is 12.1 Å². The van der Waals surface area contributed by atoms with Crippen LogP contribution in [-0.4, -0.2) is 47.3 Å². The number of phenols is 1. The van der Waals surface area contributed by atoms with E-state index in [0.29, 0.717) is 35.6 Å². The number of likely N-dealkylation sites (tertiary alicyclic amines) is 1. The van der Waals surface area contributed by atoms with E-state index < -0.39 is 17.7 Å². The Bertz CT molecular complexity index is 1090. The van der Waals surface area contributed by atoms with Gasteiger partial charge in [-0.05, 0) is 42.3 Å². The zero-order chi connectivity index (χ0) is 22.8. The highest BCUT2D eigenvalue weighted by molar-refractivity contribution is 6.46. The van der Waals surface area contributed by atoms with E-state index in [4.69, 9.17) is 14.2 Å². The molecule has 1 amide bonds. The summed E-state index contributed by atoms with van der Waals surface area (Å²) in [6.45, 7) is 2.48. The summed E-state index contributed by atoms with van der Waals surface area (Å²) in [7, 11) is 1.44. The van der Waals surface area contributed by atoms with Crippen LogP contribution < -0.4 is 14.2 Å². The molecule has 2 aromatic rings. The molecule has 32 heavy (non-hydrogen) atoms. The number of amides is 1. The van der Waals surface area contributed by atoms with Gasteiger partial charge in [-0.2, -0.15) is 0 Å². The fourth-order valence-electron chi connectivity index (χ4n) is 4.07. The van der Waals surface area contributed by atoms with E-state index in [1.54, 1.807) is 30.3 Å². The number of methoxy groups -OCH3 is 1. The first-order valence-electron chi connectivity index (χ1n) is 10.5. The van der Waals surface area contributed by atoms with Gasteiger partial charge in [-0.25, -0.2) is 0 Å². The molecule has 2 N–H and O–H groups in total. The average molecular weight is 439 g/mol. The summed E-state index contributed by atoms with van der Waals surface area (Å²) in [5, 5.41) is 21.4. The van der Waals surface area contributed by atoms with Crippen molar-refractivity contribution in [2.75, 3.05) is 20.4 Å². The number of ketones is 1. The third kappa shape index (κ3) is 3.72. The first-order valence-corrected chi connectivity index (χ1v) is 10.5. The van der Waals surface area contributed by atoms with Crippen molar-refractivity contribution < 1.29 is 34.0 Å². The Balaban J connectivity index is 1.82. The minimum absolute atomic E-state index is 0.0325. The monoisotopic (exact) mass is 439 g/mol. The first kappa shape index (κ1) is 21.5. The number of aliphatic hydroxyl groups excluding tert-OH is 1. The number of phenolic OH excluding ortho intramolecular Hbond substituents is 1. The van der Waals surface area contributed by atoms with Crippen LogP contribution in [-0.2, 0) is 9.59 Å². The van der Waals surface area contributed by atoms with Gasteiger partial charge in [0.05, 0.1) is 18.7 Å². The number of rotatable bonds is 7. The Kier molecular flexibility index (Phi) is 5.94. The molecule has 1 fully saturated rings. The number of hydrogen-bond donors (Lipinski definition) is 2. The minimum atomic E-state index is -0.839. The van der Waals surface area contributed by atoms with Gasteiger partial charge in [0.15, 0.2) is 23.0 Å². The summed E-state index contributed by atoms with van der Waals surface area (Å²) in [4.78, 5) is 27.4. The molecule has 1 saturated heterocycles. The highest BCUT2D eigenvalue weighted by Crippen LogP contribution is 2.43. The Morgan fingerprint density at radius 2 is 1.91 bits per heavy atom. The Hall–Kier alpha value is -3.68. The first-order chi connectivity index (χ1) is 15.5. The molecule has 1 unspecified atom stereocenters. The summed E-state index contributed by atoms with van der Waals surface area (Å²) >= 11 is 0. The summed E-state index contributed by atoms with van der Waals surface area (Å²) < 4.78 is 15.8. The molecule has 4 rings (SSSR count). The van der Waals surface area contributed by atoms with Gasteiger partial charge in [0.2, 0.25) is 6.79 Å². The van der Waals surface area contributed by atoms with Crippen molar-refractivity contribution in [3.05, 3.63) is 53.1 Å². The van der Waals surface area contributed by atoms with Gasteiger partial charge in [-0.15, -0.1) is 0 Å². The van der Waals surface area contributed by atoms with E-state index in [1.807, 2.05) is 6.92 Å². The summed E-state index contributed by atoms with van der Waals surface area (Å²) in [5.41, 5.74) is 0.805. The Labute approximate surface area is 185 Å². The second kappa shape index (κ2) is 8.82. The maximum atomic E-state index is 13.0. The second-order valence-corrected chi connectivity index (χ2v) is 7.70. The molecule has 0 aliphatic carbocycles. The molecule has 168 valence electrons. The normalized spacial score (nSPS) is 18.9. The van der Waals surface area contributed by atoms with Crippen LogP contribution in [0.25, 0.3) is 5.76 Å².